The Balaban J connectivity index is 1.41. The zero-order chi connectivity index (χ0) is 27.1. The third kappa shape index (κ3) is 6.70. The first-order valence-electron chi connectivity index (χ1n) is 13.0. The number of unbranched alkanes of at least 4 members (excludes halogenated alkanes) is 1. The van der Waals surface area contributed by atoms with Gasteiger partial charge in [-0.1, -0.05) is 60.8 Å². The van der Waals surface area contributed by atoms with Crippen molar-refractivity contribution in [3.63, 3.8) is 0 Å². The second kappa shape index (κ2) is 12.7. The van der Waals surface area contributed by atoms with E-state index in [2.05, 4.69) is 15.1 Å². The van der Waals surface area contributed by atoms with Crippen molar-refractivity contribution in [2.75, 3.05) is 44.2 Å². The first-order chi connectivity index (χ1) is 18.3. The molecule has 3 aromatic rings. The van der Waals surface area contributed by atoms with Gasteiger partial charge in [-0.15, -0.1) is 10.2 Å². The molecular formula is C28H34ClN5O3S. The molecule has 0 bridgehead atoms. The average molecular weight is 556 g/mol. The van der Waals surface area contributed by atoms with E-state index < -0.39 is 10.0 Å². The number of anilines is 1. The van der Waals surface area contributed by atoms with E-state index in [1.54, 1.807) is 29.2 Å². The molecule has 2 heterocycles. The van der Waals surface area contributed by atoms with Gasteiger partial charge in [0.25, 0.3) is 0 Å². The van der Waals surface area contributed by atoms with Crippen LogP contribution in [0, 0.1) is 6.92 Å². The van der Waals surface area contributed by atoms with E-state index in [0.717, 1.165) is 36.3 Å². The van der Waals surface area contributed by atoms with Crippen molar-refractivity contribution in [3.8, 4) is 11.3 Å². The van der Waals surface area contributed by atoms with Crippen LogP contribution in [0.2, 0.25) is 5.02 Å². The minimum atomic E-state index is -3.77. The van der Waals surface area contributed by atoms with Crippen LogP contribution in [0.15, 0.2) is 65.6 Å². The Hall–Kier alpha value is -3.01. The number of hydrogen-bond acceptors (Lipinski definition) is 6. The van der Waals surface area contributed by atoms with E-state index in [-0.39, 0.29) is 17.3 Å². The summed E-state index contributed by atoms with van der Waals surface area (Å²) in [6, 6.07) is 18.1. The monoisotopic (exact) mass is 555 g/mol. The summed E-state index contributed by atoms with van der Waals surface area (Å²) in [4.78, 5) is 17.4. The fourth-order valence-corrected chi connectivity index (χ4v) is 6.09. The van der Waals surface area contributed by atoms with Crippen molar-refractivity contribution >= 4 is 33.3 Å². The van der Waals surface area contributed by atoms with Crippen molar-refractivity contribution in [2.24, 2.45) is 0 Å². The lowest BCUT2D eigenvalue weighted by molar-refractivity contribution is -0.131. The van der Waals surface area contributed by atoms with Crippen LogP contribution in [0.1, 0.15) is 31.7 Å². The second-order valence-corrected chi connectivity index (χ2v) is 11.8. The SMILES string of the molecule is CCCCN(CC(=O)N1CCCN(c2ccc(-c3ccccc3Cl)nn2)CC1)S(=O)(=O)c1ccc(C)cc1. The van der Waals surface area contributed by atoms with E-state index in [9.17, 15) is 13.2 Å². The van der Waals surface area contributed by atoms with Gasteiger partial charge in [0.05, 0.1) is 22.2 Å². The van der Waals surface area contributed by atoms with Crippen LogP contribution >= 0.6 is 11.6 Å². The Morgan fingerprint density at radius 2 is 1.74 bits per heavy atom. The van der Waals surface area contributed by atoms with Crippen molar-refractivity contribution in [1.29, 1.82) is 0 Å². The van der Waals surface area contributed by atoms with Gasteiger partial charge in [-0.3, -0.25) is 4.79 Å². The van der Waals surface area contributed by atoms with Crippen LogP contribution < -0.4 is 4.90 Å². The maximum atomic E-state index is 13.3. The summed E-state index contributed by atoms with van der Waals surface area (Å²) >= 11 is 6.29. The van der Waals surface area contributed by atoms with Crippen LogP contribution in [0.5, 0.6) is 0 Å². The van der Waals surface area contributed by atoms with Crippen LogP contribution in [0.3, 0.4) is 0 Å². The van der Waals surface area contributed by atoms with Gasteiger partial charge in [-0.2, -0.15) is 4.31 Å². The van der Waals surface area contributed by atoms with Gasteiger partial charge in [0.15, 0.2) is 5.82 Å². The van der Waals surface area contributed by atoms with Gasteiger partial charge < -0.3 is 9.80 Å². The van der Waals surface area contributed by atoms with Crippen LogP contribution in [0.25, 0.3) is 11.3 Å². The molecule has 0 atom stereocenters. The summed E-state index contributed by atoms with van der Waals surface area (Å²) < 4.78 is 28.0. The molecular weight excluding hydrogens is 522 g/mol. The van der Waals surface area contributed by atoms with Crippen molar-refractivity contribution < 1.29 is 13.2 Å². The van der Waals surface area contributed by atoms with Crippen molar-refractivity contribution in [3.05, 3.63) is 71.2 Å². The molecule has 0 radical (unpaired) electrons. The molecule has 0 spiro atoms. The molecule has 202 valence electrons. The molecule has 1 fully saturated rings. The highest BCUT2D eigenvalue weighted by atomic mass is 35.5. The number of benzene rings is 2. The van der Waals surface area contributed by atoms with E-state index in [1.165, 1.54) is 4.31 Å². The molecule has 0 N–H and O–H groups in total. The van der Waals surface area contributed by atoms with Gasteiger partial charge in [0.1, 0.15) is 0 Å². The fourth-order valence-electron chi connectivity index (χ4n) is 4.43. The number of amides is 1. The number of carbonyl (C=O) groups is 1. The average Bonchev–Trinajstić information content (AvgIpc) is 3.18. The Labute approximate surface area is 230 Å². The Morgan fingerprint density at radius 1 is 0.974 bits per heavy atom. The zero-order valence-corrected chi connectivity index (χ0v) is 23.5. The first kappa shape index (κ1) is 28.0. The molecule has 8 nitrogen and oxygen atoms in total. The predicted octanol–water partition coefficient (Wildman–Crippen LogP) is 4.64. The number of nitrogens with zero attached hydrogens (tertiary/aromatic N) is 5. The summed E-state index contributed by atoms with van der Waals surface area (Å²) in [6.07, 6.45) is 2.28. The largest absolute Gasteiger partial charge is 0.353 e. The summed E-state index contributed by atoms with van der Waals surface area (Å²) in [5.74, 6) is 0.556. The van der Waals surface area contributed by atoms with Gasteiger partial charge in [0.2, 0.25) is 15.9 Å². The van der Waals surface area contributed by atoms with Gasteiger partial charge in [0, 0.05) is 38.3 Å². The predicted molar refractivity (Wildman–Crippen MR) is 151 cm³/mol. The minimum absolute atomic E-state index is 0.164. The van der Waals surface area contributed by atoms with E-state index in [1.807, 2.05) is 50.2 Å². The molecule has 0 saturated carbocycles. The molecule has 4 rings (SSSR count). The van der Waals surface area contributed by atoms with E-state index >= 15 is 0 Å². The molecule has 1 aliphatic rings. The smallest absolute Gasteiger partial charge is 0.243 e. The highest BCUT2D eigenvalue weighted by Gasteiger charge is 2.29. The van der Waals surface area contributed by atoms with Crippen LogP contribution in [-0.2, 0) is 14.8 Å². The number of hydrogen-bond donors (Lipinski definition) is 0. The van der Waals surface area contributed by atoms with Crippen molar-refractivity contribution in [2.45, 2.75) is 38.0 Å². The topological polar surface area (TPSA) is 86.7 Å². The van der Waals surface area contributed by atoms with Crippen molar-refractivity contribution in [1.82, 2.24) is 19.4 Å². The standard InChI is InChI=1S/C28H34ClN5O3S/c1-3-4-18-34(38(36,37)23-12-10-22(2)11-13-23)21-28(35)33-17-7-16-32(19-20-33)27-15-14-26(30-31-27)24-8-5-6-9-25(24)29/h5-6,8-15H,3-4,7,16-21H2,1-2H3. The van der Waals surface area contributed by atoms with E-state index in [0.29, 0.717) is 43.3 Å². The summed E-state index contributed by atoms with van der Waals surface area (Å²) in [6.45, 7) is 6.43. The molecule has 2 aromatic carbocycles. The lowest BCUT2D eigenvalue weighted by Crippen LogP contribution is -2.44. The lowest BCUT2D eigenvalue weighted by atomic mass is 10.1. The van der Waals surface area contributed by atoms with Crippen LogP contribution in [-0.4, -0.2) is 73.0 Å². The molecule has 10 heteroatoms. The normalized spacial score (nSPS) is 14.5. The number of aromatic nitrogens is 2. The van der Waals surface area contributed by atoms with E-state index in [4.69, 9.17) is 11.6 Å². The third-order valence-electron chi connectivity index (χ3n) is 6.70. The molecule has 1 amide bonds. The summed E-state index contributed by atoms with van der Waals surface area (Å²) in [7, 11) is -3.77. The fraction of sp³-hybridized carbons (Fsp3) is 0.393. The second-order valence-electron chi connectivity index (χ2n) is 9.48. The number of rotatable bonds is 9. The molecule has 1 aliphatic heterocycles. The highest BCUT2D eigenvalue weighted by Crippen LogP contribution is 2.26. The number of carbonyl (C=O) groups excluding carboxylic acids is 1. The van der Waals surface area contributed by atoms with Gasteiger partial charge >= 0.3 is 0 Å². The molecule has 1 aromatic heterocycles. The molecule has 0 aliphatic carbocycles. The maximum Gasteiger partial charge on any atom is 0.243 e. The Kier molecular flexibility index (Phi) is 9.35. The summed E-state index contributed by atoms with van der Waals surface area (Å²) in [5.41, 5.74) is 2.51. The Bertz CT molecular complexity index is 1330. The lowest BCUT2D eigenvalue weighted by Gasteiger charge is -2.26. The Morgan fingerprint density at radius 3 is 2.42 bits per heavy atom. The summed E-state index contributed by atoms with van der Waals surface area (Å²) in [5, 5.41) is 9.40. The third-order valence-corrected chi connectivity index (χ3v) is 8.89. The quantitative estimate of drug-likeness (QED) is 0.382. The van der Waals surface area contributed by atoms with Gasteiger partial charge in [-0.05, 0) is 50.1 Å². The number of aryl methyl sites for hydroxylation is 1. The number of halogens is 1. The highest BCUT2D eigenvalue weighted by molar-refractivity contribution is 7.89. The minimum Gasteiger partial charge on any atom is -0.353 e. The maximum absolute atomic E-state index is 13.3. The van der Waals surface area contributed by atoms with Crippen LogP contribution in [0.4, 0.5) is 5.82 Å². The zero-order valence-electron chi connectivity index (χ0n) is 21.9. The van der Waals surface area contributed by atoms with Gasteiger partial charge in [-0.25, -0.2) is 8.42 Å². The molecule has 38 heavy (non-hydrogen) atoms. The molecule has 0 unspecified atom stereocenters. The number of sulfonamides is 1. The first-order valence-corrected chi connectivity index (χ1v) is 14.8. The molecule has 1 saturated heterocycles.